The zero-order valence-corrected chi connectivity index (χ0v) is 12.5. The zero-order chi connectivity index (χ0) is 13.8. The van der Waals surface area contributed by atoms with Crippen LogP contribution >= 0.6 is 0 Å². The Bertz CT molecular complexity index is 397. The molecule has 2 N–H and O–H groups in total. The van der Waals surface area contributed by atoms with Gasteiger partial charge in [0.15, 0.2) is 0 Å². The maximum absolute atomic E-state index is 6.12. The summed E-state index contributed by atoms with van der Waals surface area (Å²) in [6.07, 6.45) is 9.67. The number of nitrogens with two attached hydrogens (primary N) is 1. The minimum atomic E-state index is 0.533. The van der Waals surface area contributed by atoms with Crippen LogP contribution in [0.15, 0.2) is 30.3 Å². The fourth-order valence-corrected chi connectivity index (χ4v) is 4.34. The van der Waals surface area contributed by atoms with Crippen molar-refractivity contribution in [2.24, 2.45) is 11.7 Å². The molecule has 1 aromatic rings. The van der Waals surface area contributed by atoms with E-state index >= 15 is 0 Å². The molecule has 0 spiro atoms. The van der Waals surface area contributed by atoms with Crippen LogP contribution in [0.3, 0.4) is 0 Å². The number of likely N-dealkylation sites (tertiary alicyclic amines) is 1. The van der Waals surface area contributed by atoms with Gasteiger partial charge < -0.3 is 5.73 Å². The van der Waals surface area contributed by atoms with Crippen molar-refractivity contribution >= 4 is 0 Å². The van der Waals surface area contributed by atoms with Gasteiger partial charge >= 0.3 is 0 Å². The fourth-order valence-electron chi connectivity index (χ4n) is 4.34. The van der Waals surface area contributed by atoms with Crippen LogP contribution in [0.25, 0.3) is 0 Å². The smallest absolute Gasteiger partial charge is 0.0261 e. The average Bonchev–Trinajstić information content (AvgIpc) is 3.16. The third-order valence-electron chi connectivity index (χ3n) is 5.34. The van der Waals surface area contributed by atoms with Gasteiger partial charge in [-0.3, -0.25) is 4.90 Å². The number of hydrogen-bond donors (Lipinski definition) is 1. The van der Waals surface area contributed by atoms with Gasteiger partial charge in [0.2, 0.25) is 0 Å². The van der Waals surface area contributed by atoms with Gasteiger partial charge in [-0.05, 0) is 50.1 Å². The molecular formula is C18H28N2. The monoisotopic (exact) mass is 272 g/mol. The maximum Gasteiger partial charge on any atom is 0.0261 e. The van der Waals surface area contributed by atoms with Crippen molar-refractivity contribution < 1.29 is 0 Å². The molecule has 1 aliphatic heterocycles. The molecule has 0 aromatic heterocycles. The SMILES string of the molecule is NCC(Cc1ccccc1)N1CCCC1C1CCCC1. The van der Waals surface area contributed by atoms with Gasteiger partial charge in [0.25, 0.3) is 0 Å². The Hall–Kier alpha value is -0.860. The van der Waals surface area contributed by atoms with Crippen LogP contribution in [0.1, 0.15) is 44.1 Å². The molecule has 2 aliphatic rings. The minimum absolute atomic E-state index is 0.533. The molecule has 1 heterocycles. The van der Waals surface area contributed by atoms with E-state index in [0.717, 1.165) is 24.9 Å². The maximum atomic E-state index is 6.12. The Morgan fingerprint density at radius 3 is 2.50 bits per heavy atom. The van der Waals surface area contributed by atoms with Crippen LogP contribution in [0.2, 0.25) is 0 Å². The summed E-state index contributed by atoms with van der Waals surface area (Å²) in [5.41, 5.74) is 7.55. The first-order valence-corrected chi connectivity index (χ1v) is 8.38. The second-order valence-corrected chi connectivity index (χ2v) is 6.57. The van der Waals surface area contributed by atoms with Gasteiger partial charge in [0.05, 0.1) is 0 Å². The molecule has 2 nitrogen and oxygen atoms in total. The fraction of sp³-hybridized carbons (Fsp3) is 0.667. The molecule has 0 amide bonds. The summed E-state index contributed by atoms with van der Waals surface area (Å²) in [6.45, 7) is 2.05. The van der Waals surface area contributed by atoms with Crippen molar-refractivity contribution in [3.63, 3.8) is 0 Å². The van der Waals surface area contributed by atoms with E-state index in [1.165, 1.54) is 50.6 Å². The van der Waals surface area contributed by atoms with Crippen LogP contribution in [0.4, 0.5) is 0 Å². The van der Waals surface area contributed by atoms with E-state index in [1.54, 1.807) is 0 Å². The highest BCUT2D eigenvalue weighted by Gasteiger charge is 2.36. The molecule has 2 atom stereocenters. The molecule has 2 fully saturated rings. The Labute approximate surface area is 123 Å². The van der Waals surface area contributed by atoms with Gasteiger partial charge in [-0.15, -0.1) is 0 Å². The second-order valence-electron chi connectivity index (χ2n) is 6.57. The number of nitrogens with zero attached hydrogens (tertiary/aromatic N) is 1. The second kappa shape index (κ2) is 6.73. The summed E-state index contributed by atoms with van der Waals surface area (Å²) >= 11 is 0. The van der Waals surface area contributed by atoms with E-state index in [4.69, 9.17) is 5.73 Å². The van der Waals surface area contributed by atoms with Crippen molar-refractivity contribution in [2.45, 2.75) is 57.0 Å². The summed E-state index contributed by atoms with van der Waals surface area (Å²) < 4.78 is 0. The minimum Gasteiger partial charge on any atom is -0.329 e. The molecule has 1 saturated heterocycles. The van der Waals surface area contributed by atoms with Gasteiger partial charge in [0.1, 0.15) is 0 Å². The van der Waals surface area contributed by atoms with Gasteiger partial charge in [0, 0.05) is 18.6 Å². The van der Waals surface area contributed by atoms with Crippen molar-refractivity contribution in [2.75, 3.05) is 13.1 Å². The van der Waals surface area contributed by atoms with Crippen LogP contribution in [0.5, 0.6) is 0 Å². The summed E-state index contributed by atoms with van der Waals surface area (Å²) in [5.74, 6) is 0.947. The third kappa shape index (κ3) is 3.07. The van der Waals surface area contributed by atoms with Crippen molar-refractivity contribution in [3.05, 3.63) is 35.9 Å². The quantitative estimate of drug-likeness (QED) is 0.892. The lowest BCUT2D eigenvalue weighted by Crippen LogP contribution is -2.47. The lowest BCUT2D eigenvalue weighted by atomic mass is 9.94. The molecular weight excluding hydrogens is 244 g/mol. The predicted molar refractivity (Wildman–Crippen MR) is 84.7 cm³/mol. The Kier molecular flexibility index (Phi) is 4.74. The van der Waals surface area contributed by atoms with Crippen molar-refractivity contribution in [1.29, 1.82) is 0 Å². The summed E-state index contributed by atoms with van der Waals surface area (Å²) in [6, 6.07) is 12.2. The van der Waals surface area contributed by atoms with Crippen molar-refractivity contribution in [1.82, 2.24) is 4.90 Å². The van der Waals surface area contributed by atoms with E-state index in [-0.39, 0.29) is 0 Å². The largest absolute Gasteiger partial charge is 0.329 e. The first-order valence-electron chi connectivity index (χ1n) is 8.38. The molecule has 20 heavy (non-hydrogen) atoms. The number of hydrogen-bond acceptors (Lipinski definition) is 2. The van der Waals surface area contributed by atoms with Crippen LogP contribution in [-0.2, 0) is 6.42 Å². The Morgan fingerprint density at radius 1 is 1.05 bits per heavy atom. The lowest BCUT2D eigenvalue weighted by molar-refractivity contribution is 0.137. The Morgan fingerprint density at radius 2 is 1.80 bits per heavy atom. The standard InChI is InChI=1S/C18H28N2/c19-14-17(13-15-7-2-1-3-8-15)20-12-6-11-18(20)16-9-4-5-10-16/h1-3,7-8,16-18H,4-6,9-14,19H2. The van der Waals surface area contributed by atoms with Gasteiger partial charge in [-0.25, -0.2) is 0 Å². The Balaban J connectivity index is 1.67. The molecule has 1 saturated carbocycles. The molecule has 1 aliphatic carbocycles. The van der Waals surface area contributed by atoms with E-state index in [2.05, 4.69) is 35.2 Å². The molecule has 2 heteroatoms. The molecule has 0 radical (unpaired) electrons. The van der Waals surface area contributed by atoms with Crippen LogP contribution in [0, 0.1) is 5.92 Å². The summed E-state index contributed by atoms with van der Waals surface area (Å²) in [5, 5.41) is 0. The molecule has 3 rings (SSSR count). The van der Waals surface area contributed by atoms with E-state index in [1.807, 2.05) is 0 Å². The van der Waals surface area contributed by atoms with E-state index in [9.17, 15) is 0 Å². The lowest BCUT2D eigenvalue weighted by Gasteiger charge is -2.35. The summed E-state index contributed by atoms with van der Waals surface area (Å²) in [7, 11) is 0. The van der Waals surface area contributed by atoms with E-state index < -0.39 is 0 Å². The van der Waals surface area contributed by atoms with Crippen LogP contribution < -0.4 is 5.73 Å². The van der Waals surface area contributed by atoms with Gasteiger partial charge in [-0.2, -0.15) is 0 Å². The highest BCUT2D eigenvalue weighted by Crippen LogP contribution is 2.36. The molecule has 0 bridgehead atoms. The van der Waals surface area contributed by atoms with Crippen molar-refractivity contribution in [3.8, 4) is 0 Å². The first kappa shape index (κ1) is 14.1. The first-order chi connectivity index (χ1) is 9.88. The normalized spacial score (nSPS) is 26.1. The number of rotatable bonds is 5. The summed E-state index contributed by atoms with van der Waals surface area (Å²) in [4.78, 5) is 2.75. The zero-order valence-electron chi connectivity index (χ0n) is 12.5. The average molecular weight is 272 g/mol. The molecule has 1 aromatic carbocycles. The van der Waals surface area contributed by atoms with Gasteiger partial charge in [-0.1, -0.05) is 43.2 Å². The third-order valence-corrected chi connectivity index (χ3v) is 5.34. The molecule has 2 unspecified atom stereocenters. The predicted octanol–water partition coefficient (Wildman–Crippen LogP) is 3.21. The topological polar surface area (TPSA) is 29.3 Å². The number of benzene rings is 1. The molecule has 110 valence electrons. The van der Waals surface area contributed by atoms with Crippen LogP contribution in [-0.4, -0.2) is 30.1 Å². The highest BCUT2D eigenvalue weighted by atomic mass is 15.2. The highest BCUT2D eigenvalue weighted by molar-refractivity contribution is 5.16. The van der Waals surface area contributed by atoms with E-state index in [0.29, 0.717) is 6.04 Å².